The number of amides is 1. The van der Waals surface area contributed by atoms with E-state index in [1.807, 2.05) is 0 Å². The molecular formula is C16H16ClN3O3S2. The molecule has 1 aliphatic heterocycles. The smallest absolute Gasteiger partial charge is 0.260 e. The largest absolute Gasteiger partial charge is 0.306 e. The fourth-order valence-corrected chi connectivity index (χ4v) is 3.81. The summed E-state index contributed by atoms with van der Waals surface area (Å²) in [5.74, 6) is -0.187. The number of benzene rings is 1. The van der Waals surface area contributed by atoms with Crippen LogP contribution in [0.25, 0.3) is 0 Å². The zero-order valence-corrected chi connectivity index (χ0v) is 16.0. The van der Waals surface area contributed by atoms with Gasteiger partial charge in [0.15, 0.2) is 10.0 Å². The Labute approximate surface area is 155 Å². The van der Waals surface area contributed by atoms with E-state index in [-0.39, 0.29) is 10.9 Å². The van der Waals surface area contributed by atoms with Crippen LogP contribution in [-0.4, -0.2) is 39.2 Å². The molecule has 0 fully saturated rings. The summed E-state index contributed by atoms with van der Waals surface area (Å²) in [5, 5.41) is 0.288. The summed E-state index contributed by atoms with van der Waals surface area (Å²) < 4.78 is 24.7. The van der Waals surface area contributed by atoms with Crippen molar-refractivity contribution in [2.45, 2.75) is 11.4 Å². The molecule has 3 rings (SSSR count). The molecule has 0 spiro atoms. The molecule has 0 saturated heterocycles. The lowest BCUT2D eigenvalue weighted by Gasteiger charge is -2.22. The predicted molar refractivity (Wildman–Crippen MR) is 101 cm³/mol. The number of fused-ring (bicyclic) bond motifs is 1. The minimum atomic E-state index is -1.68. The van der Waals surface area contributed by atoms with Gasteiger partial charge in [-0.05, 0) is 34.9 Å². The van der Waals surface area contributed by atoms with Crippen molar-refractivity contribution < 1.29 is 13.2 Å². The van der Waals surface area contributed by atoms with Gasteiger partial charge in [0.2, 0.25) is 0 Å². The van der Waals surface area contributed by atoms with Gasteiger partial charge in [0.1, 0.15) is 16.0 Å². The number of hydrogen-bond acceptors (Lipinski definition) is 4. The minimum absolute atomic E-state index is 0.187. The summed E-state index contributed by atoms with van der Waals surface area (Å²) >= 11 is 0. The topological polar surface area (TPSA) is 70.6 Å². The monoisotopic (exact) mass is 397 g/mol. The van der Waals surface area contributed by atoms with Crippen molar-refractivity contribution in [3.63, 3.8) is 0 Å². The quantitative estimate of drug-likeness (QED) is 0.742. The van der Waals surface area contributed by atoms with Crippen LogP contribution in [0.3, 0.4) is 0 Å². The summed E-state index contributed by atoms with van der Waals surface area (Å²) in [6.07, 6.45) is 2.13. The third kappa shape index (κ3) is 3.47. The second kappa shape index (κ2) is 7.23. The summed E-state index contributed by atoms with van der Waals surface area (Å²) in [4.78, 5) is 19.0. The van der Waals surface area contributed by atoms with Crippen molar-refractivity contribution in [1.82, 2.24) is 4.98 Å². The normalized spacial score (nSPS) is 15.6. The van der Waals surface area contributed by atoms with E-state index in [1.165, 1.54) is 0 Å². The summed E-state index contributed by atoms with van der Waals surface area (Å²) in [6, 6.07) is 10.3. The molecule has 2 atom stereocenters. The van der Waals surface area contributed by atoms with Crippen molar-refractivity contribution in [1.29, 1.82) is 0 Å². The van der Waals surface area contributed by atoms with E-state index >= 15 is 0 Å². The van der Waals surface area contributed by atoms with E-state index in [0.29, 0.717) is 35.6 Å². The van der Waals surface area contributed by atoms with Crippen molar-refractivity contribution in [3.05, 3.63) is 47.7 Å². The number of hydrogen-bond donors (Lipinski definition) is 0. The van der Waals surface area contributed by atoms with Gasteiger partial charge in [0.05, 0.1) is 22.6 Å². The average Bonchev–Trinajstić information content (AvgIpc) is 3.03. The third-order valence-corrected chi connectivity index (χ3v) is 6.06. The van der Waals surface area contributed by atoms with E-state index in [1.54, 1.807) is 58.9 Å². The second-order valence-corrected chi connectivity index (χ2v) is 8.59. The first-order chi connectivity index (χ1) is 11.9. The Balaban J connectivity index is 1.97. The fourth-order valence-electron chi connectivity index (χ4n) is 2.76. The SMILES string of the molecule is CN(c1ccccc1C(=O)N1CCc2nc(S(=O)Cl)ccc21)S(C)=O. The molecule has 0 aliphatic carbocycles. The van der Waals surface area contributed by atoms with E-state index in [2.05, 4.69) is 4.98 Å². The van der Waals surface area contributed by atoms with Crippen LogP contribution in [0.15, 0.2) is 41.4 Å². The summed E-state index contributed by atoms with van der Waals surface area (Å²) in [7, 11) is 4.35. The number of aromatic nitrogens is 1. The van der Waals surface area contributed by atoms with Gasteiger partial charge in [-0.15, -0.1) is 0 Å². The zero-order chi connectivity index (χ0) is 18.1. The van der Waals surface area contributed by atoms with E-state index in [4.69, 9.17) is 10.7 Å². The Hall–Kier alpha value is -1.77. The van der Waals surface area contributed by atoms with Gasteiger partial charge < -0.3 is 4.90 Å². The van der Waals surface area contributed by atoms with Gasteiger partial charge in [0, 0.05) is 26.3 Å². The number of pyridine rings is 1. The number of carbonyl (C=O) groups is 1. The Morgan fingerprint density at radius 3 is 2.64 bits per heavy atom. The van der Waals surface area contributed by atoms with Gasteiger partial charge in [-0.2, -0.15) is 0 Å². The highest BCUT2D eigenvalue weighted by atomic mass is 35.7. The summed E-state index contributed by atoms with van der Waals surface area (Å²) in [5.41, 5.74) is 2.46. The molecule has 0 N–H and O–H groups in total. The average molecular weight is 398 g/mol. The van der Waals surface area contributed by atoms with Crippen molar-refractivity contribution >= 4 is 49.0 Å². The Morgan fingerprint density at radius 2 is 1.96 bits per heavy atom. The van der Waals surface area contributed by atoms with Gasteiger partial charge >= 0.3 is 0 Å². The van der Waals surface area contributed by atoms with Crippen LogP contribution in [0.5, 0.6) is 0 Å². The standard InChI is InChI=1S/C16H16ClN3O3S2/c1-19(24(2)22)13-6-4-3-5-11(13)16(21)20-10-9-12-14(20)7-8-15(18-12)25(17)23/h3-8H,9-10H2,1-2H3. The predicted octanol–water partition coefficient (Wildman–Crippen LogP) is 2.28. The number of nitrogens with zero attached hydrogens (tertiary/aromatic N) is 3. The molecule has 0 bridgehead atoms. The van der Waals surface area contributed by atoms with Crippen LogP contribution in [0, 0.1) is 0 Å². The molecule has 132 valence electrons. The van der Waals surface area contributed by atoms with Crippen molar-refractivity contribution in [2.75, 3.05) is 29.1 Å². The maximum absolute atomic E-state index is 13.1. The Bertz CT molecular complexity index is 891. The van der Waals surface area contributed by atoms with Gasteiger partial charge in [-0.1, -0.05) is 12.1 Å². The van der Waals surface area contributed by atoms with Crippen LogP contribution >= 0.6 is 10.7 Å². The number of rotatable bonds is 4. The lowest BCUT2D eigenvalue weighted by molar-refractivity contribution is 0.0990. The molecule has 6 nitrogen and oxygen atoms in total. The lowest BCUT2D eigenvalue weighted by atomic mass is 10.1. The highest BCUT2D eigenvalue weighted by Crippen LogP contribution is 2.31. The van der Waals surface area contributed by atoms with Crippen LogP contribution in [-0.2, 0) is 27.4 Å². The van der Waals surface area contributed by atoms with Crippen molar-refractivity contribution in [2.24, 2.45) is 0 Å². The number of halogens is 1. The Kier molecular flexibility index (Phi) is 5.21. The second-order valence-electron chi connectivity index (χ2n) is 5.48. The first-order valence-corrected chi connectivity index (χ1v) is 11.0. The highest BCUT2D eigenvalue weighted by Gasteiger charge is 2.29. The molecule has 0 saturated carbocycles. The molecule has 1 aromatic heterocycles. The van der Waals surface area contributed by atoms with Crippen LogP contribution in [0.1, 0.15) is 16.1 Å². The van der Waals surface area contributed by atoms with Gasteiger partial charge in [0.25, 0.3) is 5.91 Å². The minimum Gasteiger partial charge on any atom is -0.306 e. The van der Waals surface area contributed by atoms with Gasteiger partial charge in [-0.3, -0.25) is 9.10 Å². The number of carbonyl (C=O) groups excluding carboxylic acids is 1. The molecule has 2 heterocycles. The van der Waals surface area contributed by atoms with Crippen LogP contribution in [0.2, 0.25) is 0 Å². The lowest BCUT2D eigenvalue weighted by Crippen LogP contribution is -2.31. The molecule has 1 aromatic carbocycles. The van der Waals surface area contributed by atoms with Crippen LogP contribution < -0.4 is 9.21 Å². The maximum Gasteiger partial charge on any atom is 0.260 e. The Morgan fingerprint density at radius 1 is 1.24 bits per heavy atom. The first kappa shape index (κ1) is 18.0. The number of para-hydroxylation sites is 1. The summed E-state index contributed by atoms with van der Waals surface area (Å²) in [6.45, 7) is 0.479. The molecule has 9 heteroatoms. The molecule has 0 radical (unpaired) electrons. The maximum atomic E-state index is 13.1. The van der Waals surface area contributed by atoms with E-state index < -0.39 is 21.0 Å². The fraction of sp³-hybridized carbons (Fsp3) is 0.250. The third-order valence-electron chi connectivity index (χ3n) is 4.06. The number of anilines is 2. The molecule has 1 aliphatic rings. The van der Waals surface area contributed by atoms with Crippen molar-refractivity contribution in [3.8, 4) is 0 Å². The first-order valence-electron chi connectivity index (χ1n) is 7.46. The van der Waals surface area contributed by atoms with E-state index in [0.717, 1.165) is 0 Å². The zero-order valence-electron chi connectivity index (χ0n) is 13.6. The molecule has 25 heavy (non-hydrogen) atoms. The molecule has 1 amide bonds. The van der Waals surface area contributed by atoms with E-state index in [9.17, 15) is 13.2 Å². The molecule has 2 aromatic rings. The molecular weight excluding hydrogens is 382 g/mol. The molecule has 2 unspecified atom stereocenters. The highest BCUT2D eigenvalue weighted by molar-refractivity contribution is 8.08. The van der Waals surface area contributed by atoms with Gasteiger partial charge in [-0.25, -0.2) is 13.4 Å². The van der Waals surface area contributed by atoms with Crippen LogP contribution in [0.4, 0.5) is 11.4 Å².